The van der Waals surface area contributed by atoms with Crippen LogP contribution in [-0.4, -0.2) is 12.7 Å². The normalized spacial score (nSPS) is 12.6. The molecule has 2 aromatic rings. The first-order valence-electron chi connectivity index (χ1n) is 6.35. The zero-order valence-corrected chi connectivity index (χ0v) is 13.2. The number of nitrogens with one attached hydrogen (secondary N) is 1. The molecule has 0 saturated heterocycles. The van der Waals surface area contributed by atoms with E-state index < -0.39 is 0 Å². The van der Waals surface area contributed by atoms with Gasteiger partial charge in [-0.05, 0) is 58.5 Å². The highest BCUT2D eigenvalue weighted by molar-refractivity contribution is 14.1. The van der Waals surface area contributed by atoms with Crippen molar-refractivity contribution in [2.45, 2.75) is 0 Å². The van der Waals surface area contributed by atoms with Crippen LogP contribution in [-0.2, 0) is 4.79 Å². The van der Waals surface area contributed by atoms with Gasteiger partial charge in [0.15, 0.2) is 11.5 Å². The van der Waals surface area contributed by atoms with Crippen molar-refractivity contribution < 1.29 is 14.3 Å². The van der Waals surface area contributed by atoms with Crippen LogP contribution < -0.4 is 14.8 Å². The summed E-state index contributed by atoms with van der Waals surface area (Å²) < 4.78 is 11.5. The molecule has 0 aromatic heterocycles. The van der Waals surface area contributed by atoms with Crippen molar-refractivity contribution in [2.24, 2.45) is 0 Å². The van der Waals surface area contributed by atoms with Crippen molar-refractivity contribution in [3.63, 3.8) is 0 Å². The highest BCUT2D eigenvalue weighted by Gasteiger charge is 2.12. The Hall–Kier alpha value is -2.02. The Bertz CT molecular complexity index is 712. The number of benzene rings is 2. The molecule has 0 aliphatic carbocycles. The van der Waals surface area contributed by atoms with Gasteiger partial charge < -0.3 is 14.8 Å². The smallest absolute Gasteiger partial charge is 0.248 e. The van der Waals surface area contributed by atoms with E-state index in [1.807, 2.05) is 42.5 Å². The molecule has 1 aliphatic rings. The van der Waals surface area contributed by atoms with Gasteiger partial charge in [0.2, 0.25) is 12.7 Å². The molecule has 1 heterocycles. The van der Waals surface area contributed by atoms with E-state index in [9.17, 15) is 4.79 Å². The summed E-state index contributed by atoms with van der Waals surface area (Å²) in [6, 6.07) is 13.2. The van der Waals surface area contributed by atoms with Crippen molar-refractivity contribution in [1.82, 2.24) is 0 Å². The molecule has 0 radical (unpaired) electrons. The molecule has 0 saturated carbocycles. The number of ether oxygens (including phenoxy) is 2. The molecule has 1 aliphatic heterocycles. The molecule has 1 amide bonds. The van der Waals surface area contributed by atoms with Gasteiger partial charge in [-0.1, -0.05) is 18.2 Å². The molecular weight excluding hydrogens is 381 g/mol. The van der Waals surface area contributed by atoms with E-state index in [1.54, 1.807) is 6.08 Å². The molecule has 5 heteroatoms. The van der Waals surface area contributed by atoms with Gasteiger partial charge >= 0.3 is 0 Å². The fraction of sp³-hybridized carbons (Fsp3) is 0.0625. The van der Waals surface area contributed by atoms with Gasteiger partial charge in [-0.3, -0.25) is 4.79 Å². The third kappa shape index (κ3) is 3.36. The Morgan fingerprint density at radius 3 is 2.81 bits per heavy atom. The van der Waals surface area contributed by atoms with Gasteiger partial charge in [0.25, 0.3) is 0 Å². The molecule has 0 bridgehead atoms. The van der Waals surface area contributed by atoms with Crippen LogP contribution in [0.15, 0.2) is 48.5 Å². The molecule has 2 aromatic carbocycles. The predicted molar refractivity (Wildman–Crippen MR) is 89.4 cm³/mol. The summed E-state index contributed by atoms with van der Waals surface area (Å²) in [5, 5.41) is 2.84. The third-order valence-electron chi connectivity index (χ3n) is 2.96. The molecular formula is C16H12INO3. The summed E-state index contributed by atoms with van der Waals surface area (Å²) in [6.45, 7) is 0.245. The average molecular weight is 393 g/mol. The van der Waals surface area contributed by atoms with Crippen LogP contribution in [0.5, 0.6) is 11.5 Å². The highest BCUT2D eigenvalue weighted by atomic mass is 127. The second-order valence-electron chi connectivity index (χ2n) is 4.42. The second kappa shape index (κ2) is 6.17. The summed E-state index contributed by atoms with van der Waals surface area (Å²) in [5.41, 5.74) is 1.69. The summed E-state index contributed by atoms with van der Waals surface area (Å²) >= 11 is 2.18. The van der Waals surface area contributed by atoms with E-state index in [0.29, 0.717) is 5.75 Å². The number of amides is 1. The molecule has 1 N–H and O–H groups in total. The fourth-order valence-corrected chi connectivity index (χ4v) is 2.45. The number of para-hydroxylation sites is 1. The lowest BCUT2D eigenvalue weighted by Crippen LogP contribution is -2.08. The maximum Gasteiger partial charge on any atom is 0.248 e. The highest BCUT2D eigenvalue weighted by Crippen LogP contribution is 2.32. The van der Waals surface area contributed by atoms with Gasteiger partial charge in [0, 0.05) is 9.65 Å². The van der Waals surface area contributed by atoms with E-state index in [1.165, 1.54) is 6.08 Å². The zero-order chi connectivity index (χ0) is 14.7. The van der Waals surface area contributed by atoms with Gasteiger partial charge in [-0.15, -0.1) is 0 Å². The lowest BCUT2D eigenvalue weighted by molar-refractivity contribution is -0.111. The minimum atomic E-state index is -0.170. The van der Waals surface area contributed by atoms with E-state index >= 15 is 0 Å². The first-order valence-corrected chi connectivity index (χ1v) is 7.43. The first kappa shape index (κ1) is 13.9. The molecule has 0 unspecified atom stereocenters. The topological polar surface area (TPSA) is 47.6 Å². The number of halogens is 1. The van der Waals surface area contributed by atoms with Crippen molar-refractivity contribution >= 4 is 40.3 Å². The number of rotatable bonds is 3. The van der Waals surface area contributed by atoms with Crippen molar-refractivity contribution in [1.29, 1.82) is 0 Å². The Kier molecular flexibility index (Phi) is 4.10. The second-order valence-corrected chi connectivity index (χ2v) is 5.58. The van der Waals surface area contributed by atoms with E-state index in [-0.39, 0.29) is 12.7 Å². The van der Waals surface area contributed by atoms with Gasteiger partial charge in [-0.2, -0.15) is 0 Å². The largest absolute Gasteiger partial charge is 0.454 e. The van der Waals surface area contributed by atoms with Crippen molar-refractivity contribution in [3.05, 3.63) is 57.7 Å². The van der Waals surface area contributed by atoms with Crippen LogP contribution in [0.4, 0.5) is 5.69 Å². The number of carbonyl (C=O) groups excluding carboxylic acids is 1. The van der Waals surface area contributed by atoms with E-state index in [4.69, 9.17) is 9.47 Å². The molecule has 0 spiro atoms. The number of hydrogen-bond donors (Lipinski definition) is 1. The van der Waals surface area contributed by atoms with Gasteiger partial charge in [-0.25, -0.2) is 0 Å². The molecule has 0 atom stereocenters. The fourth-order valence-electron chi connectivity index (χ4n) is 1.93. The number of carbonyl (C=O) groups is 1. The minimum absolute atomic E-state index is 0.170. The standard InChI is InChI=1S/C16H12INO3/c17-12-3-1-2-4-13(12)18-16(19)8-6-11-5-7-14-15(9-11)21-10-20-14/h1-9H,10H2,(H,18,19). The molecule has 21 heavy (non-hydrogen) atoms. The number of fused-ring (bicyclic) bond motifs is 1. The van der Waals surface area contributed by atoms with Crippen molar-refractivity contribution in [2.75, 3.05) is 12.1 Å². The third-order valence-corrected chi connectivity index (χ3v) is 3.90. The number of anilines is 1. The average Bonchev–Trinajstić information content (AvgIpc) is 2.95. The van der Waals surface area contributed by atoms with Crippen LogP contribution in [0.2, 0.25) is 0 Å². The van der Waals surface area contributed by atoms with Gasteiger partial charge in [0.05, 0.1) is 5.69 Å². The van der Waals surface area contributed by atoms with E-state index in [2.05, 4.69) is 27.9 Å². The Morgan fingerprint density at radius 2 is 1.95 bits per heavy atom. The maximum absolute atomic E-state index is 11.9. The summed E-state index contributed by atoms with van der Waals surface area (Å²) in [5.74, 6) is 1.27. The Morgan fingerprint density at radius 1 is 1.14 bits per heavy atom. The molecule has 0 fully saturated rings. The Labute approximate surface area is 135 Å². The monoisotopic (exact) mass is 393 g/mol. The predicted octanol–water partition coefficient (Wildman–Crippen LogP) is 3.67. The summed E-state index contributed by atoms with van der Waals surface area (Å²) in [7, 11) is 0. The van der Waals surface area contributed by atoms with Crippen LogP contribution >= 0.6 is 22.6 Å². The van der Waals surface area contributed by atoms with Crippen LogP contribution in [0.1, 0.15) is 5.56 Å². The van der Waals surface area contributed by atoms with Crippen molar-refractivity contribution in [3.8, 4) is 11.5 Å². The minimum Gasteiger partial charge on any atom is -0.454 e. The Balaban J connectivity index is 1.68. The lowest BCUT2D eigenvalue weighted by Gasteiger charge is -2.04. The SMILES string of the molecule is O=C(C=Cc1ccc2c(c1)OCO2)Nc1ccccc1I. The molecule has 106 valence electrons. The quantitative estimate of drug-likeness (QED) is 0.640. The van der Waals surface area contributed by atoms with Crippen LogP contribution in [0.25, 0.3) is 6.08 Å². The van der Waals surface area contributed by atoms with E-state index in [0.717, 1.165) is 20.6 Å². The van der Waals surface area contributed by atoms with Gasteiger partial charge in [0.1, 0.15) is 0 Å². The molecule has 4 nitrogen and oxygen atoms in total. The first-order chi connectivity index (χ1) is 10.2. The van der Waals surface area contributed by atoms with Crippen LogP contribution in [0, 0.1) is 3.57 Å². The molecule has 3 rings (SSSR count). The number of hydrogen-bond acceptors (Lipinski definition) is 3. The maximum atomic E-state index is 11.9. The summed E-state index contributed by atoms with van der Waals surface area (Å²) in [4.78, 5) is 11.9. The zero-order valence-electron chi connectivity index (χ0n) is 11.0. The van der Waals surface area contributed by atoms with Crippen LogP contribution in [0.3, 0.4) is 0 Å². The lowest BCUT2D eigenvalue weighted by atomic mass is 10.2. The summed E-state index contributed by atoms with van der Waals surface area (Å²) in [6.07, 6.45) is 3.24.